The van der Waals surface area contributed by atoms with Crippen molar-refractivity contribution in [2.45, 2.75) is 25.9 Å². The SMILES string of the molecule is COc1ccc(CCNC(=O)CCCN)cc1OC(F)F.Cl. The molecule has 1 rings (SSSR count). The van der Waals surface area contributed by atoms with E-state index in [4.69, 9.17) is 10.5 Å². The van der Waals surface area contributed by atoms with Crippen LogP contribution in [-0.2, 0) is 11.2 Å². The Kier molecular flexibility index (Phi) is 10.2. The van der Waals surface area contributed by atoms with Gasteiger partial charge in [0.1, 0.15) is 0 Å². The summed E-state index contributed by atoms with van der Waals surface area (Å²) in [6.45, 7) is -2.02. The smallest absolute Gasteiger partial charge is 0.387 e. The molecule has 0 radical (unpaired) electrons. The van der Waals surface area contributed by atoms with Crippen LogP contribution in [0.15, 0.2) is 18.2 Å². The van der Waals surface area contributed by atoms with E-state index in [9.17, 15) is 13.6 Å². The molecule has 0 aliphatic rings. The number of hydrogen-bond donors (Lipinski definition) is 2. The summed E-state index contributed by atoms with van der Waals surface area (Å²) in [7, 11) is 1.38. The highest BCUT2D eigenvalue weighted by Crippen LogP contribution is 2.29. The van der Waals surface area contributed by atoms with Crippen LogP contribution >= 0.6 is 12.4 Å². The van der Waals surface area contributed by atoms with E-state index in [0.29, 0.717) is 32.4 Å². The van der Waals surface area contributed by atoms with Gasteiger partial charge in [0.25, 0.3) is 0 Å². The van der Waals surface area contributed by atoms with Crippen molar-refractivity contribution in [1.29, 1.82) is 0 Å². The predicted molar refractivity (Wildman–Crippen MR) is 81.9 cm³/mol. The molecular formula is C14H21ClF2N2O3. The lowest BCUT2D eigenvalue weighted by Gasteiger charge is -2.11. The molecule has 1 aromatic carbocycles. The van der Waals surface area contributed by atoms with Crippen LogP contribution in [-0.4, -0.2) is 32.7 Å². The van der Waals surface area contributed by atoms with Gasteiger partial charge in [-0.15, -0.1) is 12.4 Å². The Balaban J connectivity index is 0.00000441. The number of rotatable bonds is 9. The maximum atomic E-state index is 12.3. The molecule has 5 nitrogen and oxygen atoms in total. The third-order valence-corrected chi connectivity index (χ3v) is 2.79. The Morgan fingerprint density at radius 2 is 2.09 bits per heavy atom. The molecule has 1 amide bonds. The highest BCUT2D eigenvalue weighted by Gasteiger charge is 2.11. The van der Waals surface area contributed by atoms with Crippen LogP contribution in [0.5, 0.6) is 11.5 Å². The molecule has 0 bridgehead atoms. The van der Waals surface area contributed by atoms with Crippen molar-refractivity contribution >= 4 is 18.3 Å². The summed E-state index contributed by atoms with van der Waals surface area (Å²) in [6.07, 6.45) is 1.54. The number of ether oxygens (including phenoxy) is 2. The minimum Gasteiger partial charge on any atom is -0.493 e. The Bertz CT molecular complexity index is 462. The van der Waals surface area contributed by atoms with Crippen LogP contribution < -0.4 is 20.5 Å². The number of nitrogens with one attached hydrogen (secondary N) is 1. The summed E-state index contributed by atoms with van der Waals surface area (Å²) in [5.74, 6) is 0.156. The van der Waals surface area contributed by atoms with E-state index in [1.807, 2.05) is 0 Å². The second-order valence-corrected chi connectivity index (χ2v) is 4.36. The molecule has 0 saturated carbocycles. The van der Waals surface area contributed by atoms with Gasteiger partial charge in [0.2, 0.25) is 5.91 Å². The fourth-order valence-corrected chi connectivity index (χ4v) is 1.76. The first-order chi connectivity index (χ1) is 10.1. The van der Waals surface area contributed by atoms with E-state index in [1.165, 1.54) is 13.2 Å². The van der Waals surface area contributed by atoms with Crippen LogP contribution in [0, 0.1) is 0 Å². The summed E-state index contributed by atoms with van der Waals surface area (Å²) in [4.78, 5) is 11.4. The van der Waals surface area contributed by atoms with Crippen molar-refractivity contribution in [2.24, 2.45) is 5.73 Å². The molecule has 8 heteroatoms. The van der Waals surface area contributed by atoms with Gasteiger partial charge in [0.05, 0.1) is 7.11 Å². The van der Waals surface area contributed by atoms with Crippen LogP contribution in [0.1, 0.15) is 18.4 Å². The first-order valence-electron chi connectivity index (χ1n) is 6.65. The Hall–Kier alpha value is -1.60. The standard InChI is InChI=1S/C14H20F2N2O3.ClH/c1-20-11-5-4-10(9-12(11)21-14(15)16)6-8-18-13(19)3-2-7-17;/h4-5,9,14H,2-3,6-8,17H2,1H3,(H,18,19);1H. The van der Waals surface area contributed by atoms with Gasteiger partial charge < -0.3 is 20.5 Å². The first-order valence-corrected chi connectivity index (χ1v) is 6.65. The molecule has 0 aliphatic carbocycles. The number of amides is 1. The molecule has 0 aromatic heterocycles. The van der Waals surface area contributed by atoms with Crippen molar-refractivity contribution in [3.8, 4) is 11.5 Å². The zero-order valence-electron chi connectivity index (χ0n) is 12.3. The molecule has 126 valence electrons. The lowest BCUT2D eigenvalue weighted by atomic mass is 10.1. The minimum atomic E-state index is -2.91. The number of carbonyl (C=O) groups excluding carboxylic acids is 1. The van der Waals surface area contributed by atoms with Crippen molar-refractivity contribution in [1.82, 2.24) is 5.32 Å². The van der Waals surface area contributed by atoms with E-state index >= 15 is 0 Å². The summed E-state index contributed by atoms with van der Waals surface area (Å²) in [6, 6.07) is 4.78. The second kappa shape index (κ2) is 11.0. The average molecular weight is 339 g/mol. The first kappa shape index (κ1) is 20.4. The third-order valence-electron chi connectivity index (χ3n) is 2.79. The van der Waals surface area contributed by atoms with Gasteiger partial charge in [0.15, 0.2) is 11.5 Å². The average Bonchev–Trinajstić information content (AvgIpc) is 2.45. The van der Waals surface area contributed by atoms with Crippen molar-refractivity contribution in [3.63, 3.8) is 0 Å². The van der Waals surface area contributed by atoms with Crippen molar-refractivity contribution in [3.05, 3.63) is 23.8 Å². The quantitative estimate of drug-likeness (QED) is 0.723. The van der Waals surface area contributed by atoms with Gasteiger partial charge in [0, 0.05) is 13.0 Å². The molecule has 22 heavy (non-hydrogen) atoms. The van der Waals surface area contributed by atoms with Gasteiger partial charge in [-0.05, 0) is 37.1 Å². The summed E-state index contributed by atoms with van der Waals surface area (Å²) < 4.78 is 33.9. The van der Waals surface area contributed by atoms with Gasteiger partial charge >= 0.3 is 6.61 Å². The highest BCUT2D eigenvalue weighted by molar-refractivity contribution is 5.85. The fraction of sp³-hybridized carbons (Fsp3) is 0.500. The molecule has 0 heterocycles. The van der Waals surface area contributed by atoms with Gasteiger partial charge in [-0.2, -0.15) is 8.78 Å². The van der Waals surface area contributed by atoms with Crippen LogP contribution in [0.2, 0.25) is 0 Å². The van der Waals surface area contributed by atoms with Crippen LogP contribution in [0.25, 0.3) is 0 Å². The molecule has 0 aliphatic heterocycles. The van der Waals surface area contributed by atoms with Gasteiger partial charge in [-0.25, -0.2) is 0 Å². The van der Waals surface area contributed by atoms with E-state index in [1.54, 1.807) is 12.1 Å². The fourth-order valence-electron chi connectivity index (χ4n) is 1.76. The molecule has 0 spiro atoms. The summed E-state index contributed by atoms with van der Waals surface area (Å²) in [5.41, 5.74) is 6.08. The zero-order valence-corrected chi connectivity index (χ0v) is 13.1. The van der Waals surface area contributed by atoms with E-state index < -0.39 is 6.61 Å². The lowest BCUT2D eigenvalue weighted by molar-refractivity contribution is -0.121. The zero-order chi connectivity index (χ0) is 15.7. The van der Waals surface area contributed by atoms with Crippen LogP contribution in [0.4, 0.5) is 8.78 Å². The van der Waals surface area contributed by atoms with Crippen LogP contribution in [0.3, 0.4) is 0 Å². The Morgan fingerprint density at radius 1 is 1.36 bits per heavy atom. The largest absolute Gasteiger partial charge is 0.493 e. The second-order valence-electron chi connectivity index (χ2n) is 4.36. The number of methoxy groups -OCH3 is 1. The van der Waals surface area contributed by atoms with Gasteiger partial charge in [-0.3, -0.25) is 4.79 Å². The topological polar surface area (TPSA) is 73.6 Å². The van der Waals surface area contributed by atoms with E-state index in [2.05, 4.69) is 10.1 Å². The number of benzene rings is 1. The highest BCUT2D eigenvalue weighted by atomic mass is 35.5. The Labute approximate surface area is 134 Å². The molecule has 0 atom stereocenters. The maximum absolute atomic E-state index is 12.3. The number of carbonyl (C=O) groups is 1. The molecular weight excluding hydrogens is 318 g/mol. The monoisotopic (exact) mass is 338 g/mol. The number of nitrogens with two attached hydrogens (primary N) is 1. The normalized spacial score (nSPS) is 10.0. The lowest BCUT2D eigenvalue weighted by Crippen LogP contribution is -2.26. The van der Waals surface area contributed by atoms with Crippen molar-refractivity contribution < 1.29 is 23.0 Å². The maximum Gasteiger partial charge on any atom is 0.387 e. The number of hydrogen-bond acceptors (Lipinski definition) is 4. The predicted octanol–water partition coefficient (Wildman–Crippen LogP) is 2.12. The van der Waals surface area contributed by atoms with E-state index in [-0.39, 0.29) is 29.8 Å². The Morgan fingerprint density at radius 3 is 2.68 bits per heavy atom. The number of halogens is 3. The molecule has 3 N–H and O–H groups in total. The summed E-state index contributed by atoms with van der Waals surface area (Å²) >= 11 is 0. The third kappa shape index (κ3) is 7.42. The van der Waals surface area contributed by atoms with Gasteiger partial charge in [-0.1, -0.05) is 6.07 Å². The molecule has 0 unspecified atom stereocenters. The number of alkyl halides is 2. The van der Waals surface area contributed by atoms with E-state index in [0.717, 1.165) is 5.56 Å². The molecule has 0 saturated heterocycles. The minimum absolute atomic E-state index is 0. The molecule has 1 aromatic rings. The van der Waals surface area contributed by atoms with Crippen molar-refractivity contribution in [2.75, 3.05) is 20.2 Å². The summed E-state index contributed by atoms with van der Waals surface area (Å²) in [5, 5.41) is 2.74. The molecule has 0 fully saturated rings.